The predicted molar refractivity (Wildman–Crippen MR) is 112 cm³/mol. The molecule has 2 amide bonds. The Kier molecular flexibility index (Phi) is 4.20. The Bertz CT molecular complexity index is 1150. The number of nitrogens with one attached hydrogen (secondary N) is 1. The van der Waals surface area contributed by atoms with Gasteiger partial charge in [-0.2, -0.15) is 0 Å². The number of piperidine rings is 1. The van der Waals surface area contributed by atoms with E-state index in [4.69, 9.17) is 5.73 Å². The number of anilines is 2. The van der Waals surface area contributed by atoms with Gasteiger partial charge in [0.25, 0.3) is 5.91 Å². The molecule has 1 saturated heterocycles. The van der Waals surface area contributed by atoms with Gasteiger partial charge in [-0.25, -0.2) is 4.98 Å². The van der Waals surface area contributed by atoms with Crippen molar-refractivity contribution >= 4 is 23.3 Å². The molecular formula is C22H20N6O2. The maximum absolute atomic E-state index is 13.2. The van der Waals surface area contributed by atoms with Crippen LogP contribution in [0.3, 0.4) is 0 Å². The van der Waals surface area contributed by atoms with Crippen molar-refractivity contribution in [1.82, 2.24) is 19.9 Å². The van der Waals surface area contributed by atoms with Gasteiger partial charge < -0.3 is 16.0 Å². The standard InChI is InChI=1S/C22H20N6O2/c23-18-12-24-11-17(26-18)14-4-6-15(7-5-14)20(29)28-10-2-8-22(13-28)19-16(27-21(22)30)3-1-9-25-19/h1,3-7,9,11-12H,2,8,10,13H2,(H2,23,26)(H,27,30). The topological polar surface area (TPSA) is 114 Å². The predicted octanol–water partition coefficient (Wildman–Crippen LogP) is 2.25. The molecule has 8 heteroatoms. The molecule has 1 unspecified atom stereocenters. The maximum atomic E-state index is 13.2. The zero-order valence-corrected chi connectivity index (χ0v) is 16.2. The highest BCUT2D eigenvalue weighted by Crippen LogP contribution is 2.42. The van der Waals surface area contributed by atoms with Gasteiger partial charge in [0, 0.05) is 30.4 Å². The summed E-state index contributed by atoms with van der Waals surface area (Å²) in [5.74, 6) is 0.163. The number of carbonyl (C=O) groups is 2. The Labute approximate surface area is 173 Å². The van der Waals surface area contributed by atoms with Gasteiger partial charge in [-0.15, -0.1) is 0 Å². The van der Waals surface area contributed by atoms with Crippen LogP contribution in [0.25, 0.3) is 11.3 Å². The van der Waals surface area contributed by atoms with Gasteiger partial charge in [0.15, 0.2) is 0 Å². The Morgan fingerprint density at radius 2 is 2.00 bits per heavy atom. The first-order valence-corrected chi connectivity index (χ1v) is 9.81. The number of likely N-dealkylation sites (tertiary alicyclic amines) is 1. The zero-order chi connectivity index (χ0) is 20.7. The smallest absolute Gasteiger partial charge is 0.253 e. The highest BCUT2D eigenvalue weighted by Gasteiger charge is 2.51. The maximum Gasteiger partial charge on any atom is 0.253 e. The molecule has 0 saturated carbocycles. The van der Waals surface area contributed by atoms with E-state index < -0.39 is 5.41 Å². The van der Waals surface area contributed by atoms with Crippen molar-refractivity contribution in [1.29, 1.82) is 0 Å². The van der Waals surface area contributed by atoms with E-state index in [1.807, 2.05) is 18.2 Å². The first-order valence-electron chi connectivity index (χ1n) is 9.81. The molecule has 3 N–H and O–H groups in total. The van der Waals surface area contributed by atoms with Gasteiger partial charge in [-0.05, 0) is 37.1 Å². The Morgan fingerprint density at radius 1 is 1.17 bits per heavy atom. The number of nitrogens with zero attached hydrogens (tertiary/aromatic N) is 4. The summed E-state index contributed by atoms with van der Waals surface area (Å²) in [6, 6.07) is 10.9. The fraction of sp³-hybridized carbons (Fsp3) is 0.227. The van der Waals surface area contributed by atoms with Crippen molar-refractivity contribution in [3.63, 3.8) is 0 Å². The van der Waals surface area contributed by atoms with Crippen molar-refractivity contribution < 1.29 is 9.59 Å². The van der Waals surface area contributed by atoms with Crippen molar-refractivity contribution in [2.45, 2.75) is 18.3 Å². The van der Waals surface area contributed by atoms with E-state index in [0.29, 0.717) is 36.6 Å². The summed E-state index contributed by atoms with van der Waals surface area (Å²) in [7, 11) is 0. The van der Waals surface area contributed by atoms with Crippen LogP contribution in [0.2, 0.25) is 0 Å². The normalized spacial score (nSPS) is 20.1. The minimum Gasteiger partial charge on any atom is -0.382 e. The Balaban J connectivity index is 1.40. The quantitative estimate of drug-likeness (QED) is 0.682. The average molecular weight is 400 g/mol. The molecule has 2 aromatic heterocycles. The minimum absolute atomic E-state index is 0.0794. The number of benzene rings is 1. The number of amides is 2. The minimum atomic E-state index is -0.776. The van der Waals surface area contributed by atoms with E-state index in [2.05, 4.69) is 20.3 Å². The summed E-state index contributed by atoms with van der Waals surface area (Å²) in [4.78, 5) is 40.5. The molecule has 0 radical (unpaired) electrons. The third kappa shape index (κ3) is 2.88. The lowest BCUT2D eigenvalue weighted by molar-refractivity contribution is -0.122. The molecule has 150 valence electrons. The third-order valence-corrected chi connectivity index (χ3v) is 5.80. The van der Waals surface area contributed by atoms with Gasteiger partial charge in [0.1, 0.15) is 11.2 Å². The van der Waals surface area contributed by atoms with Crippen molar-refractivity contribution in [3.8, 4) is 11.3 Å². The van der Waals surface area contributed by atoms with Gasteiger partial charge >= 0.3 is 0 Å². The molecule has 3 aromatic rings. The monoisotopic (exact) mass is 400 g/mol. The van der Waals surface area contributed by atoms with Crippen LogP contribution in [-0.4, -0.2) is 44.8 Å². The number of nitrogen functional groups attached to an aromatic ring is 1. The number of fused-ring (bicyclic) bond motifs is 2. The van der Waals surface area contributed by atoms with Crippen LogP contribution in [0.5, 0.6) is 0 Å². The van der Waals surface area contributed by atoms with E-state index in [1.165, 1.54) is 6.20 Å². The molecule has 5 rings (SSSR count). The molecule has 8 nitrogen and oxygen atoms in total. The fourth-order valence-corrected chi connectivity index (χ4v) is 4.33. The molecule has 1 atom stereocenters. The number of carbonyl (C=O) groups excluding carboxylic acids is 2. The van der Waals surface area contributed by atoms with Crippen LogP contribution < -0.4 is 11.1 Å². The molecule has 4 heterocycles. The van der Waals surface area contributed by atoms with Crippen LogP contribution in [0.4, 0.5) is 11.5 Å². The second-order valence-electron chi connectivity index (χ2n) is 7.67. The van der Waals surface area contributed by atoms with Gasteiger partial charge in [0.2, 0.25) is 5.91 Å². The Hall–Kier alpha value is -3.81. The summed E-state index contributed by atoms with van der Waals surface area (Å²) >= 11 is 0. The zero-order valence-electron chi connectivity index (χ0n) is 16.2. The largest absolute Gasteiger partial charge is 0.382 e. The molecule has 1 fully saturated rings. The SMILES string of the molecule is Nc1cncc(-c2ccc(C(=O)N3CCCC4(C3)C(=O)Nc3cccnc34)cc2)n1. The average Bonchev–Trinajstić information content (AvgIpc) is 3.04. The van der Waals surface area contributed by atoms with Gasteiger partial charge in [0.05, 0.1) is 29.5 Å². The van der Waals surface area contributed by atoms with Crippen molar-refractivity contribution in [2.24, 2.45) is 0 Å². The van der Waals surface area contributed by atoms with E-state index >= 15 is 0 Å². The second kappa shape index (κ2) is 6.91. The molecule has 1 aromatic carbocycles. The number of aromatic nitrogens is 3. The fourth-order valence-electron chi connectivity index (χ4n) is 4.33. The van der Waals surface area contributed by atoms with Crippen LogP contribution in [0.15, 0.2) is 55.0 Å². The number of hydrogen-bond donors (Lipinski definition) is 2. The van der Waals surface area contributed by atoms with E-state index in [1.54, 1.807) is 35.5 Å². The first kappa shape index (κ1) is 18.2. The molecular weight excluding hydrogens is 380 g/mol. The summed E-state index contributed by atoms with van der Waals surface area (Å²) in [6.07, 6.45) is 6.23. The molecule has 2 aliphatic rings. The summed E-state index contributed by atoms with van der Waals surface area (Å²) < 4.78 is 0. The Morgan fingerprint density at radius 3 is 2.80 bits per heavy atom. The van der Waals surface area contributed by atoms with Crippen LogP contribution in [-0.2, 0) is 10.2 Å². The highest BCUT2D eigenvalue weighted by molar-refractivity contribution is 6.06. The van der Waals surface area contributed by atoms with E-state index in [9.17, 15) is 9.59 Å². The number of nitrogens with two attached hydrogens (primary N) is 1. The number of rotatable bonds is 2. The number of pyridine rings is 1. The molecule has 1 spiro atoms. The lowest BCUT2D eigenvalue weighted by Crippen LogP contribution is -2.52. The first-order chi connectivity index (χ1) is 14.6. The van der Waals surface area contributed by atoms with Crippen LogP contribution >= 0.6 is 0 Å². The molecule has 2 aliphatic heterocycles. The van der Waals surface area contributed by atoms with Crippen LogP contribution in [0.1, 0.15) is 28.9 Å². The molecule has 30 heavy (non-hydrogen) atoms. The third-order valence-electron chi connectivity index (χ3n) is 5.80. The summed E-state index contributed by atoms with van der Waals surface area (Å²) in [5, 5.41) is 2.92. The van der Waals surface area contributed by atoms with Gasteiger partial charge in [-0.3, -0.25) is 19.6 Å². The highest BCUT2D eigenvalue weighted by atomic mass is 16.2. The van der Waals surface area contributed by atoms with Crippen LogP contribution in [0, 0.1) is 0 Å². The molecule has 0 aliphatic carbocycles. The summed E-state index contributed by atoms with van der Waals surface area (Å²) in [6.45, 7) is 0.933. The lowest BCUT2D eigenvalue weighted by atomic mass is 9.77. The molecule has 0 bridgehead atoms. The van der Waals surface area contributed by atoms with Gasteiger partial charge in [-0.1, -0.05) is 12.1 Å². The van der Waals surface area contributed by atoms with E-state index in [0.717, 1.165) is 23.4 Å². The number of hydrogen-bond acceptors (Lipinski definition) is 6. The van der Waals surface area contributed by atoms with Crippen molar-refractivity contribution in [3.05, 3.63) is 66.2 Å². The lowest BCUT2D eigenvalue weighted by Gasteiger charge is -2.38. The van der Waals surface area contributed by atoms with Crippen molar-refractivity contribution in [2.75, 3.05) is 24.1 Å². The van der Waals surface area contributed by atoms with E-state index in [-0.39, 0.29) is 11.8 Å². The second-order valence-corrected chi connectivity index (χ2v) is 7.67. The summed E-state index contributed by atoms with van der Waals surface area (Å²) in [5.41, 5.74) is 8.44.